The van der Waals surface area contributed by atoms with Crippen LogP contribution in [-0.4, -0.2) is 33.0 Å². The summed E-state index contributed by atoms with van der Waals surface area (Å²) in [6.45, 7) is 0.726. The first-order chi connectivity index (χ1) is 8.09. The van der Waals surface area contributed by atoms with E-state index in [0.717, 1.165) is 18.7 Å². The molecule has 0 radical (unpaired) electrons. The Hall–Kier alpha value is -1.07. The molecule has 0 aliphatic carbocycles. The van der Waals surface area contributed by atoms with Crippen LogP contribution in [-0.2, 0) is 16.4 Å². The lowest BCUT2D eigenvalue weighted by atomic mass is 10.2. The van der Waals surface area contributed by atoms with Gasteiger partial charge in [0.15, 0.2) is 9.84 Å². The van der Waals surface area contributed by atoms with E-state index in [-0.39, 0.29) is 11.8 Å². The fourth-order valence-electron chi connectivity index (χ4n) is 2.01. The molecule has 1 heterocycles. The smallest absolute Gasteiger partial charge is 0.151 e. The zero-order valence-corrected chi connectivity index (χ0v) is 10.8. The number of hydrogen-bond acceptors (Lipinski definition) is 4. The zero-order valence-electron chi connectivity index (χ0n) is 9.94. The van der Waals surface area contributed by atoms with Crippen molar-refractivity contribution in [1.29, 1.82) is 0 Å². The van der Waals surface area contributed by atoms with E-state index in [1.54, 1.807) is 0 Å². The van der Waals surface area contributed by atoms with Crippen molar-refractivity contribution < 1.29 is 8.42 Å². The van der Waals surface area contributed by atoms with Crippen LogP contribution in [0.3, 0.4) is 0 Å². The molecule has 0 saturated carbocycles. The number of benzene rings is 1. The van der Waals surface area contributed by atoms with Crippen molar-refractivity contribution in [3.8, 4) is 0 Å². The van der Waals surface area contributed by atoms with Gasteiger partial charge >= 0.3 is 0 Å². The Kier molecular flexibility index (Phi) is 3.69. The molecule has 1 aromatic rings. The van der Waals surface area contributed by atoms with Gasteiger partial charge in [0, 0.05) is 25.3 Å². The fraction of sp³-hybridized carbons (Fsp3) is 0.500. The summed E-state index contributed by atoms with van der Waals surface area (Å²) in [6, 6.07) is 8.24. The van der Waals surface area contributed by atoms with Gasteiger partial charge in [-0.3, -0.25) is 0 Å². The number of sulfone groups is 1. The second-order valence-corrected chi connectivity index (χ2v) is 6.66. The molecule has 17 heavy (non-hydrogen) atoms. The van der Waals surface area contributed by atoms with Gasteiger partial charge in [0.05, 0.1) is 11.5 Å². The average molecular weight is 254 g/mol. The molecular formula is C12H18N2O2S. The monoisotopic (exact) mass is 254 g/mol. The van der Waals surface area contributed by atoms with Crippen molar-refractivity contribution in [2.75, 3.05) is 23.9 Å². The van der Waals surface area contributed by atoms with Crippen LogP contribution in [0.15, 0.2) is 24.3 Å². The minimum Gasteiger partial charge on any atom is -0.388 e. The highest BCUT2D eigenvalue weighted by Gasteiger charge is 2.27. The van der Waals surface area contributed by atoms with Gasteiger partial charge in [0.25, 0.3) is 0 Å². The van der Waals surface area contributed by atoms with Crippen LogP contribution in [0.5, 0.6) is 0 Å². The highest BCUT2D eigenvalue weighted by Crippen LogP contribution is 2.13. The molecule has 0 bridgehead atoms. The van der Waals surface area contributed by atoms with E-state index in [2.05, 4.69) is 10.6 Å². The Morgan fingerprint density at radius 3 is 2.53 bits per heavy atom. The summed E-state index contributed by atoms with van der Waals surface area (Å²) in [5.41, 5.74) is 2.26. The molecule has 0 amide bonds. The molecule has 94 valence electrons. The third-order valence-corrected chi connectivity index (χ3v) is 4.84. The van der Waals surface area contributed by atoms with Crippen LogP contribution in [0.25, 0.3) is 0 Å². The number of hydrogen-bond donors (Lipinski definition) is 2. The Bertz CT molecular complexity index is 468. The normalized spacial score (nSPS) is 22.5. The Morgan fingerprint density at radius 2 is 2.00 bits per heavy atom. The van der Waals surface area contributed by atoms with Gasteiger partial charge in [-0.15, -0.1) is 0 Å². The summed E-state index contributed by atoms with van der Waals surface area (Å²) in [5.74, 6) is 0.602. The summed E-state index contributed by atoms with van der Waals surface area (Å²) in [5, 5.41) is 6.35. The van der Waals surface area contributed by atoms with Crippen LogP contribution in [0.2, 0.25) is 0 Å². The second kappa shape index (κ2) is 5.06. The third kappa shape index (κ3) is 3.44. The van der Waals surface area contributed by atoms with E-state index in [4.69, 9.17) is 0 Å². The summed E-state index contributed by atoms with van der Waals surface area (Å²) in [7, 11) is -0.897. The summed E-state index contributed by atoms with van der Waals surface area (Å²) in [6.07, 6.45) is 0.733. The zero-order chi connectivity index (χ0) is 12.3. The van der Waals surface area contributed by atoms with Crippen LogP contribution < -0.4 is 10.6 Å². The molecule has 1 unspecified atom stereocenters. The maximum Gasteiger partial charge on any atom is 0.151 e. The van der Waals surface area contributed by atoms with E-state index < -0.39 is 9.84 Å². The van der Waals surface area contributed by atoms with E-state index in [0.29, 0.717) is 5.75 Å². The summed E-state index contributed by atoms with van der Waals surface area (Å²) < 4.78 is 22.6. The number of anilines is 1. The average Bonchev–Trinajstić information content (AvgIpc) is 2.67. The van der Waals surface area contributed by atoms with E-state index in [9.17, 15) is 8.42 Å². The van der Waals surface area contributed by atoms with Crippen LogP contribution in [0.1, 0.15) is 12.0 Å². The van der Waals surface area contributed by atoms with Crippen molar-refractivity contribution in [2.24, 2.45) is 0 Å². The van der Waals surface area contributed by atoms with Crippen LogP contribution >= 0.6 is 0 Å². The van der Waals surface area contributed by atoms with Crippen LogP contribution in [0.4, 0.5) is 5.69 Å². The largest absolute Gasteiger partial charge is 0.388 e. The third-order valence-electron chi connectivity index (χ3n) is 3.07. The first-order valence-electron chi connectivity index (χ1n) is 5.79. The molecule has 1 aliphatic heterocycles. The van der Waals surface area contributed by atoms with Crippen molar-refractivity contribution in [3.05, 3.63) is 29.8 Å². The molecule has 1 atom stereocenters. The van der Waals surface area contributed by atoms with Gasteiger partial charge in [-0.2, -0.15) is 0 Å². The predicted molar refractivity (Wildman–Crippen MR) is 69.9 cm³/mol. The van der Waals surface area contributed by atoms with E-state index in [1.807, 2.05) is 31.3 Å². The van der Waals surface area contributed by atoms with Crippen LogP contribution in [0, 0.1) is 0 Å². The van der Waals surface area contributed by atoms with Gasteiger partial charge < -0.3 is 10.6 Å². The van der Waals surface area contributed by atoms with E-state index >= 15 is 0 Å². The molecule has 5 heteroatoms. The van der Waals surface area contributed by atoms with Gasteiger partial charge in [-0.1, -0.05) is 12.1 Å². The Morgan fingerprint density at radius 1 is 1.29 bits per heavy atom. The number of rotatable bonds is 4. The van der Waals surface area contributed by atoms with Gasteiger partial charge in [-0.25, -0.2) is 8.42 Å². The second-order valence-electron chi connectivity index (χ2n) is 4.43. The molecule has 1 saturated heterocycles. The summed E-state index contributed by atoms with van der Waals surface area (Å²) in [4.78, 5) is 0. The molecule has 2 N–H and O–H groups in total. The Labute approximate surface area is 102 Å². The molecule has 1 aliphatic rings. The van der Waals surface area contributed by atoms with E-state index in [1.165, 1.54) is 5.56 Å². The highest BCUT2D eigenvalue weighted by atomic mass is 32.2. The minimum atomic E-state index is -2.78. The number of nitrogens with one attached hydrogen (secondary N) is 2. The van der Waals surface area contributed by atoms with Crippen molar-refractivity contribution in [3.63, 3.8) is 0 Å². The van der Waals surface area contributed by atoms with Gasteiger partial charge in [0.2, 0.25) is 0 Å². The first-order valence-corrected chi connectivity index (χ1v) is 7.62. The molecule has 0 aromatic heterocycles. The maximum atomic E-state index is 11.3. The Balaban J connectivity index is 1.86. The molecule has 1 aromatic carbocycles. The topological polar surface area (TPSA) is 58.2 Å². The SMILES string of the molecule is CNc1ccc(CNC2CCS(=O)(=O)C2)cc1. The first kappa shape index (κ1) is 12.4. The molecule has 1 fully saturated rings. The fourth-order valence-corrected chi connectivity index (χ4v) is 3.72. The lowest BCUT2D eigenvalue weighted by Crippen LogP contribution is -2.29. The van der Waals surface area contributed by atoms with Crippen molar-refractivity contribution in [1.82, 2.24) is 5.32 Å². The predicted octanol–water partition coefficient (Wildman–Crippen LogP) is 1.00. The molecule has 2 rings (SSSR count). The van der Waals surface area contributed by atoms with Crippen molar-refractivity contribution >= 4 is 15.5 Å². The highest BCUT2D eigenvalue weighted by molar-refractivity contribution is 7.91. The maximum absolute atomic E-state index is 11.3. The molecule has 0 spiro atoms. The molecule has 4 nitrogen and oxygen atoms in total. The summed E-state index contributed by atoms with van der Waals surface area (Å²) >= 11 is 0. The standard InChI is InChI=1S/C12H18N2O2S/c1-13-11-4-2-10(3-5-11)8-14-12-6-7-17(15,16)9-12/h2-5,12-14H,6-9H2,1H3. The minimum absolute atomic E-state index is 0.115. The molecular weight excluding hydrogens is 236 g/mol. The lowest BCUT2D eigenvalue weighted by Gasteiger charge is -2.10. The van der Waals surface area contributed by atoms with Crippen molar-refractivity contribution in [2.45, 2.75) is 19.0 Å². The lowest BCUT2D eigenvalue weighted by molar-refractivity contribution is 0.554. The van der Waals surface area contributed by atoms with Gasteiger partial charge in [0.1, 0.15) is 0 Å². The van der Waals surface area contributed by atoms with Gasteiger partial charge in [-0.05, 0) is 24.1 Å². The quantitative estimate of drug-likeness (QED) is 0.842.